The zero-order valence-electron chi connectivity index (χ0n) is 10.5. The number of nitrogens with two attached hydrogens (primary N) is 1. The highest BCUT2D eigenvalue weighted by Crippen LogP contribution is 2.22. The van der Waals surface area contributed by atoms with E-state index in [4.69, 9.17) is 10.5 Å². The molecule has 3 nitrogen and oxygen atoms in total. The predicted molar refractivity (Wildman–Crippen MR) is 67.8 cm³/mol. The highest BCUT2D eigenvalue weighted by atomic mass is 16.5. The van der Waals surface area contributed by atoms with E-state index >= 15 is 0 Å². The van der Waals surface area contributed by atoms with Gasteiger partial charge in [0, 0.05) is 6.54 Å². The first kappa shape index (κ1) is 13.0. The van der Waals surface area contributed by atoms with Crippen molar-refractivity contribution in [1.29, 1.82) is 0 Å². The fraction of sp³-hybridized carbons (Fsp3) is 0.538. The van der Waals surface area contributed by atoms with E-state index in [1.165, 1.54) is 16.7 Å². The molecule has 0 fully saturated rings. The number of ether oxygens (including phenoxy) is 1. The van der Waals surface area contributed by atoms with Crippen molar-refractivity contribution in [2.75, 3.05) is 20.2 Å². The van der Waals surface area contributed by atoms with Gasteiger partial charge in [0.15, 0.2) is 0 Å². The molecule has 0 heterocycles. The second kappa shape index (κ2) is 6.51. The predicted octanol–water partition coefficient (Wildman–Crippen LogP) is 1.75. The molecule has 0 radical (unpaired) electrons. The minimum absolute atomic E-state index is 0.744. The standard InChI is InChI=1S/C13H22N2O/c1-10-8-13(16-3)11(2)7-12(10)9-15-6-4-5-14/h7-8,15H,4-6,9,14H2,1-3H3. The molecule has 0 saturated heterocycles. The molecule has 0 saturated carbocycles. The van der Waals surface area contributed by atoms with Crippen molar-refractivity contribution in [2.24, 2.45) is 5.73 Å². The molecule has 0 aliphatic rings. The second-order valence-electron chi connectivity index (χ2n) is 4.07. The maximum Gasteiger partial charge on any atom is 0.122 e. The Labute approximate surface area is 98.0 Å². The minimum Gasteiger partial charge on any atom is -0.496 e. The molecule has 0 bridgehead atoms. The van der Waals surface area contributed by atoms with Gasteiger partial charge in [-0.15, -0.1) is 0 Å². The Balaban J connectivity index is 2.63. The van der Waals surface area contributed by atoms with Crippen LogP contribution in [0.1, 0.15) is 23.1 Å². The Hall–Kier alpha value is -1.06. The highest BCUT2D eigenvalue weighted by molar-refractivity contribution is 5.41. The van der Waals surface area contributed by atoms with Crippen LogP contribution in [0.5, 0.6) is 5.75 Å². The first-order valence-corrected chi connectivity index (χ1v) is 5.74. The van der Waals surface area contributed by atoms with Crippen molar-refractivity contribution in [3.05, 3.63) is 28.8 Å². The molecular formula is C13H22N2O. The summed E-state index contributed by atoms with van der Waals surface area (Å²) in [4.78, 5) is 0. The molecule has 0 unspecified atom stereocenters. The average Bonchev–Trinajstić information content (AvgIpc) is 2.28. The molecule has 16 heavy (non-hydrogen) atoms. The fourth-order valence-electron chi connectivity index (χ4n) is 1.71. The van der Waals surface area contributed by atoms with Crippen LogP contribution in [-0.2, 0) is 6.54 Å². The lowest BCUT2D eigenvalue weighted by atomic mass is 10.0. The summed E-state index contributed by atoms with van der Waals surface area (Å²) in [6.07, 6.45) is 1.02. The summed E-state index contributed by atoms with van der Waals surface area (Å²) in [5.41, 5.74) is 9.22. The Morgan fingerprint density at radius 1 is 1.25 bits per heavy atom. The number of hydrogen-bond donors (Lipinski definition) is 2. The van der Waals surface area contributed by atoms with Gasteiger partial charge in [-0.05, 0) is 56.1 Å². The Kier molecular flexibility index (Phi) is 5.29. The third-order valence-electron chi connectivity index (χ3n) is 2.73. The van der Waals surface area contributed by atoms with Crippen LogP contribution < -0.4 is 15.8 Å². The van der Waals surface area contributed by atoms with Crippen LogP contribution in [0, 0.1) is 13.8 Å². The largest absolute Gasteiger partial charge is 0.496 e. The summed E-state index contributed by atoms with van der Waals surface area (Å²) < 4.78 is 5.29. The number of methoxy groups -OCH3 is 1. The Morgan fingerprint density at radius 3 is 2.62 bits per heavy atom. The normalized spacial score (nSPS) is 10.5. The Bertz CT molecular complexity index is 337. The summed E-state index contributed by atoms with van der Waals surface area (Å²) in [5.74, 6) is 0.961. The lowest BCUT2D eigenvalue weighted by Gasteiger charge is -2.12. The number of nitrogens with one attached hydrogen (secondary N) is 1. The Morgan fingerprint density at radius 2 is 2.00 bits per heavy atom. The van der Waals surface area contributed by atoms with Gasteiger partial charge in [0.1, 0.15) is 5.75 Å². The molecule has 1 aromatic rings. The van der Waals surface area contributed by atoms with Crippen molar-refractivity contribution >= 4 is 0 Å². The number of benzene rings is 1. The zero-order chi connectivity index (χ0) is 12.0. The van der Waals surface area contributed by atoms with Gasteiger partial charge in [-0.3, -0.25) is 0 Å². The number of rotatable bonds is 6. The molecule has 0 aliphatic carbocycles. The monoisotopic (exact) mass is 222 g/mol. The van der Waals surface area contributed by atoms with Gasteiger partial charge in [-0.1, -0.05) is 6.07 Å². The average molecular weight is 222 g/mol. The molecule has 90 valence electrons. The third kappa shape index (κ3) is 3.51. The smallest absolute Gasteiger partial charge is 0.122 e. The second-order valence-corrected chi connectivity index (χ2v) is 4.07. The van der Waals surface area contributed by atoms with Crippen molar-refractivity contribution in [3.8, 4) is 5.75 Å². The van der Waals surface area contributed by atoms with Crippen molar-refractivity contribution in [1.82, 2.24) is 5.32 Å². The fourth-order valence-corrected chi connectivity index (χ4v) is 1.71. The molecule has 3 N–H and O–H groups in total. The van der Waals surface area contributed by atoms with E-state index in [-0.39, 0.29) is 0 Å². The molecule has 1 aromatic carbocycles. The summed E-state index contributed by atoms with van der Waals surface area (Å²) in [6.45, 7) is 6.80. The van der Waals surface area contributed by atoms with Gasteiger partial charge >= 0.3 is 0 Å². The first-order valence-electron chi connectivity index (χ1n) is 5.74. The van der Waals surface area contributed by atoms with Gasteiger partial charge in [0.25, 0.3) is 0 Å². The summed E-state index contributed by atoms with van der Waals surface area (Å²) in [5, 5.41) is 3.39. The molecule has 1 rings (SSSR count). The van der Waals surface area contributed by atoms with Crippen molar-refractivity contribution < 1.29 is 4.74 Å². The van der Waals surface area contributed by atoms with E-state index in [0.29, 0.717) is 0 Å². The topological polar surface area (TPSA) is 47.3 Å². The molecular weight excluding hydrogens is 200 g/mol. The molecule has 0 atom stereocenters. The van der Waals surface area contributed by atoms with Gasteiger partial charge in [0.2, 0.25) is 0 Å². The van der Waals surface area contributed by atoms with E-state index in [2.05, 4.69) is 31.3 Å². The van der Waals surface area contributed by atoms with Crippen molar-refractivity contribution in [2.45, 2.75) is 26.8 Å². The summed E-state index contributed by atoms with van der Waals surface area (Å²) >= 11 is 0. The van der Waals surface area contributed by atoms with Gasteiger partial charge in [-0.25, -0.2) is 0 Å². The van der Waals surface area contributed by atoms with Crippen LogP contribution in [0.15, 0.2) is 12.1 Å². The van der Waals surface area contributed by atoms with Gasteiger partial charge in [0.05, 0.1) is 7.11 Å². The van der Waals surface area contributed by atoms with Crippen LogP contribution in [0.3, 0.4) is 0 Å². The lowest BCUT2D eigenvalue weighted by Crippen LogP contribution is -2.18. The number of aryl methyl sites for hydroxylation is 2. The molecule has 0 amide bonds. The van der Waals surface area contributed by atoms with Crippen LogP contribution in [0.2, 0.25) is 0 Å². The highest BCUT2D eigenvalue weighted by Gasteiger charge is 2.04. The maximum absolute atomic E-state index is 5.44. The van der Waals surface area contributed by atoms with E-state index in [1.807, 2.05) is 0 Å². The van der Waals surface area contributed by atoms with Crippen molar-refractivity contribution in [3.63, 3.8) is 0 Å². The summed E-state index contributed by atoms with van der Waals surface area (Å²) in [6, 6.07) is 4.28. The number of hydrogen-bond acceptors (Lipinski definition) is 3. The first-order chi connectivity index (χ1) is 7.69. The lowest BCUT2D eigenvalue weighted by molar-refractivity contribution is 0.411. The third-order valence-corrected chi connectivity index (χ3v) is 2.73. The van der Waals surface area contributed by atoms with E-state index in [0.717, 1.165) is 31.8 Å². The van der Waals surface area contributed by atoms with E-state index in [9.17, 15) is 0 Å². The zero-order valence-corrected chi connectivity index (χ0v) is 10.5. The maximum atomic E-state index is 5.44. The van der Waals surface area contributed by atoms with Gasteiger partial charge in [-0.2, -0.15) is 0 Å². The molecule has 3 heteroatoms. The van der Waals surface area contributed by atoms with Crippen LogP contribution >= 0.6 is 0 Å². The molecule has 0 spiro atoms. The van der Waals surface area contributed by atoms with E-state index < -0.39 is 0 Å². The minimum atomic E-state index is 0.744. The molecule has 0 aliphatic heterocycles. The van der Waals surface area contributed by atoms with E-state index in [1.54, 1.807) is 7.11 Å². The quantitative estimate of drug-likeness (QED) is 0.721. The van der Waals surface area contributed by atoms with Crippen LogP contribution in [0.25, 0.3) is 0 Å². The van der Waals surface area contributed by atoms with Crippen LogP contribution in [-0.4, -0.2) is 20.2 Å². The van der Waals surface area contributed by atoms with Gasteiger partial charge < -0.3 is 15.8 Å². The SMILES string of the molecule is COc1cc(C)c(CNCCCN)cc1C. The van der Waals surface area contributed by atoms with Crippen LogP contribution in [0.4, 0.5) is 0 Å². The summed E-state index contributed by atoms with van der Waals surface area (Å²) in [7, 11) is 1.71. The molecule has 0 aromatic heterocycles.